The lowest BCUT2D eigenvalue weighted by Crippen LogP contribution is -2.36. The van der Waals surface area contributed by atoms with Gasteiger partial charge in [0.1, 0.15) is 0 Å². The van der Waals surface area contributed by atoms with Crippen LogP contribution in [0, 0.1) is 0 Å². The highest BCUT2D eigenvalue weighted by atomic mass is 35.5. The van der Waals surface area contributed by atoms with E-state index in [1.54, 1.807) is 42.5 Å². The Labute approximate surface area is 186 Å². The predicted molar refractivity (Wildman–Crippen MR) is 126 cm³/mol. The summed E-state index contributed by atoms with van der Waals surface area (Å²) in [5, 5.41) is 9.45. The molecule has 3 N–H and O–H groups in total. The van der Waals surface area contributed by atoms with Crippen molar-refractivity contribution < 1.29 is 9.59 Å². The number of nitrogens with one attached hydrogen (secondary N) is 3. The molecular weight excluding hydrogens is 418 g/mol. The van der Waals surface area contributed by atoms with Crippen molar-refractivity contribution >= 4 is 52.5 Å². The topological polar surface area (TPSA) is 70.2 Å². The molecule has 30 heavy (non-hydrogen) atoms. The van der Waals surface area contributed by atoms with E-state index in [4.69, 9.17) is 23.8 Å². The zero-order valence-corrected chi connectivity index (χ0v) is 18.1. The maximum atomic E-state index is 12.4. The van der Waals surface area contributed by atoms with Crippen molar-refractivity contribution in [2.24, 2.45) is 0 Å². The van der Waals surface area contributed by atoms with E-state index in [2.05, 4.69) is 16.0 Å². The lowest BCUT2D eigenvalue weighted by Gasteiger charge is -2.22. The molecule has 156 valence electrons. The zero-order chi connectivity index (χ0) is 21.3. The lowest BCUT2D eigenvalue weighted by molar-refractivity contribution is -0.115. The molecule has 3 rings (SSSR count). The Kier molecular flexibility index (Phi) is 7.99. The van der Waals surface area contributed by atoms with Crippen molar-refractivity contribution in [3.05, 3.63) is 70.8 Å². The molecule has 0 atom stereocenters. The average molecular weight is 442 g/mol. The van der Waals surface area contributed by atoms with Crippen LogP contribution in [-0.4, -0.2) is 23.0 Å². The molecule has 1 aliphatic rings. The Hall–Kier alpha value is -2.70. The van der Waals surface area contributed by atoms with Gasteiger partial charge in [-0.15, -0.1) is 0 Å². The van der Waals surface area contributed by atoms with Crippen LogP contribution in [-0.2, 0) is 4.79 Å². The van der Waals surface area contributed by atoms with E-state index in [1.807, 2.05) is 12.1 Å². The number of hydrogen-bond acceptors (Lipinski definition) is 3. The molecule has 0 spiro atoms. The number of rotatable bonds is 5. The molecule has 1 saturated carbocycles. The van der Waals surface area contributed by atoms with E-state index >= 15 is 0 Å². The van der Waals surface area contributed by atoms with Crippen LogP contribution < -0.4 is 16.0 Å². The standard InChI is InChI=1S/C23H24ClN3O2S/c24-18-11-6-16(7-12-18)8-15-21(28)27-23(30)26-20-13-9-17(10-14-20)22(29)25-19-4-2-1-3-5-19/h6-15,19H,1-5H2,(H,25,29)(H2,26,27,28,30)/b15-8+. The molecular formula is C23H24ClN3O2S. The van der Waals surface area contributed by atoms with E-state index in [-0.39, 0.29) is 23.0 Å². The number of amides is 2. The van der Waals surface area contributed by atoms with E-state index in [1.165, 1.54) is 25.3 Å². The SMILES string of the molecule is O=C(/C=C/c1ccc(Cl)cc1)NC(=S)Nc1ccc(C(=O)NC2CCCCC2)cc1. The van der Waals surface area contributed by atoms with Crippen LogP contribution in [0.5, 0.6) is 0 Å². The molecule has 2 aromatic carbocycles. The Morgan fingerprint density at radius 3 is 2.30 bits per heavy atom. The Morgan fingerprint density at radius 2 is 1.63 bits per heavy atom. The molecule has 0 bridgehead atoms. The first-order chi connectivity index (χ1) is 14.5. The Morgan fingerprint density at radius 1 is 0.967 bits per heavy atom. The third kappa shape index (κ3) is 6.97. The van der Waals surface area contributed by atoms with E-state index in [0.717, 1.165) is 18.4 Å². The van der Waals surface area contributed by atoms with Crippen molar-refractivity contribution in [2.45, 2.75) is 38.1 Å². The van der Waals surface area contributed by atoms with Crippen molar-refractivity contribution in [2.75, 3.05) is 5.32 Å². The molecule has 0 radical (unpaired) electrons. The first kappa shape index (κ1) is 22.0. The second kappa shape index (κ2) is 10.9. The maximum Gasteiger partial charge on any atom is 0.251 e. The molecule has 0 aromatic heterocycles. The number of hydrogen-bond donors (Lipinski definition) is 3. The minimum atomic E-state index is -0.342. The molecule has 1 aliphatic carbocycles. The largest absolute Gasteiger partial charge is 0.349 e. The normalized spacial score (nSPS) is 14.3. The van der Waals surface area contributed by atoms with Gasteiger partial charge >= 0.3 is 0 Å². The van der Waals surface area contributed by atoms with Crippen LogP contribution >= 0.6 is 23.8 Å². The smallest absolute Gasteiger partial charge is 0.251 e. The number of benzene rings is 2. The summed E-state index contributed by atoms with van der Waals surface area (Å²) in [6, 6.07) is 14.4. The van der Waals surface area contributed by atoms with Gasteiger partial charge in [-0.05, 0) is 73.1 Å². The van der Waals surface area contributed by atoms with Gasteiger partial charge in [0, 0.05) is 28.4 Å². The van der Waals surface area contributed by atoms with Crippen LogP contribution in [0.25, 0.3) is 6.08 Å². The summed E-state index contributed by atoms with van der Waals surface area (Å²) in [5.74, 6) is -0.400. The van der Waals surface area contributed by atoms with E-state index < -0.39 is 0 Å². The Balaban J connectivity index is 1.47. The van der Waals surface area contributed by atoms with Crippen LogP contribution in [0.15, 0.2) is 54.6 Å². The summed E-state index contributed by atoms with van der Waals surface area (Å²) >= 11 is 11.0. The zero-order valence-electron chi connectivity index (χ0n) is 16.5. The fourth-order valence-corrected chi connectivity index (χ4v) is 3.63. The summed E-state index contributed by atoms with van der Waals surface area (Å²) in [5.41, 5.74) is 2.15. The monoisotopic (exact) mass is 441 g/mol. The van der Waals surface area contributed by atoms with E-state index in [0.29, 0.717) is 16.3 Å². The number of thiocarbonyl (C=S) groups is 1. The van der Waals surface area contributed by atoms with E-state index in [9.17, 15) is 9.59 Å². The van der Waals surface area contributed by atoms with Gasteiger partial charge in [-0.1, -0.05) is 43.0 Å². The maximum absolute atomic E-state index is 12.4. The fourth-order valence-electron chi connectivity index (χ4n) is 3.28. The molecule has 2 aromatic rings. The summed E-state index contributed by atoms with van der Waals surface area (Å²) in [6.45, 7) is 0. The Bertz CT molecular complexity index is 920. The molecule has 0 heterocycles. The van der Waals surface area contributed by atoms with Gasteiger partial charge in [-0.2, -0.15) is 0 Å². The average Bonchev–Trinajstić information content (AvgIpc) is 2.74. The van der Waals surface area contributed by atoms with Crippen LogP contribution in [0.2, 0.25) is 5.02 Å². The van der Waals surface area contributed by atoms with Gasteiger partial charge in [0.2, 0.25) is 5.91 Å². The lowest BCUT2D eigenvalue weighted by atomic mass is 9.95. The van der Waals surface area contributed by atoms with Gasteiger partial charge in [-0.25, -0.2) is 0 Å². The number of halogens is 1. The summed E-state index contributed by atoms with van der Waals surface area (Å²) < 4.78 is 0. The number of carbonyl (C=O) groups excluding carboxylic acids is 2. The second-order valence-corrected chi connectivity index (χ2v) is 8.06. The highest BCUT2D eigenvalue weighted by Crippen LogP contribution is 2.18. The first-order valence-electron chi connectivity index (χ1n) is 9.96. The van der Waals surface area contributed by atoms with Gasteiger partial charge in [0.05, 0.1) is 0 Å². The van der Waals surface area contributed by atoms with Crippen molar-refractivity contribution in [1.82, 2.24) is 10.6 Å². The molecule has 7 heteroatoms. The third-order valence-electron chi connectivity index (χ3n) is 4.88. The van der Waals surface area contributed by atoms with Crippen LogP contribution in [0.3, 0.4) is 0 Å². The molecule has 0 unspecified atom stereocenters. The van der Waals surface area contributed by atoms with Crippen LogP contribution in [0.4, 0.5) is 5.69 Å². The molecule has 0 saturated heterocycles. The number of anilines is 1. The fraction of sp³-hybridized carbons (Fsp3) is 0.261. The minimum Gasteiger partial charge on any atom is -0.349 e. The first-order valence-corrected chi connectivity index (χ1v) is 10.7. The molecule has 2 amide bonds. The number of carbonyl (C=O) groups is 2. The predicted octanol–water partition coefficient (Wildman–Crippen LogP) is 4.93. The second-order valence-electron chi connectivity index (χ2n) is 7.21. The van der Waals surface area contributed by atoms with Gasteiger partial charge in [0.25, 0.3) is 5.91 Å². The third-order valence-corrected chi connectivity index (χ3v) is 5.34. The molecule has 0 aliphatic heterocycles. The van der Waals surface area contributed by atoms with Crippen molar-refractivity contribution in [3.8, 4) is 0 Å². The van der Waals surface area contributed by atoms with Crippen molar-refractivity contribution in [1.29, 1.82) is 0 Å². The minimum absolute atomic E-state index is 0.0586. The van der Waals surface area contributed by atoms with Gasteiger partial charge in [0.15, 0.2) is 5.11 Å². The highest BCUT2D eigenvalue weighted by molar-refractivity contribution is 7.80. The summed E-state index contributed by atoms with van der Waals surface area (Å²) in [6.07, 6.45) is 8.76. The molecule has 1 fully saturated rings. The summed E-state index contributed by atoms with van der Waals surface area (Å²) in [7, 11) is 0. The van der Waals surface area contributed by atoms with Crippen molar-refractivity contribution in [3.63, 3.8) is 0 Å². The molecule has 5 nitrogen and oxygen atoms in total. The quantitative estimate of drug-likeness (QED) is 0.454. The summed E-state index contributed by atoms with van der Waals surface area (Å²) in [4.78, 5) is 24.4. The van der Waals surface area contributed by atoms with Gasteiger partial charge in [-0.3, -0.25) is 14.9 Å². The highest BCUT2D eigenvalue weighted by Gasteiger charge is 2.16. The van der Waals surface area contributed by atoms with Crippen LogP contribution in [0.1, 0.15) is 48.0 Å². The van der Waals surface area contributed by atoms with Gasteiger partial charge < -0.3 is 10.6 Å².